The molecule has 0 spiro atoms. The van der Waals surface area contributed by atoms with Crippen molar-refractivity contribution in [2.24, 2.45) is 43.3 Å². The van der Waals surface area contributed by atoms with Crippen LogP contribution in [0, 0.1) is 84.9 Å². The van der Waals surface area contributed by atoms with Gasteiger partial charge in [0.1, 0.15) is 5.75 Å². The quantitative estimate of drug-likeness (QED) is 0.133. The molecule has 0 radical (unpaired) electrons. The lowest BCUT2D eigenvalue weighted by molar-refractivity contribution is -0.274. The van der Waals surface area contributed by atoms with Gasteiger partial charge in [-0.2, -0.15) is 0 Å². The second-order valence-corrected chi connectivity index (χ2v) is 47.7. The van der Waals surface area contributed by atoms with Crippen molar-refractivity contribution in [3.05, 3.63) is 375 Å². The normalized spacial score (nSPS) is 11.8. The fourth-order valence-corrected chi connectivity index (χ4v) is 13.9. The summed E-state index contributed by atoms with van der Waals surface area (Å²) in [5, 5.41) is 2.65. The molecule has 0 heterocycles. The van der Waals surface area contributed by atoms with Crippen LogP contribution in [-0.2, 0) is 55.8 Å². The predicted molar refractivity (Wildman–Crippen MR) is 566 cm³/mol. The molecule has 0 aliphatic carbocycles. The first-order chi connectivity index (χ1) is 59.1. The first-order valence-corrected chi connectivity index (χ1v) is 47.1. The molecular weight excluding hydrogens is 1570 g/mol. The van der Waals surface area contributed by atoms with Crippen molar-refractivity contribution in [2.45, 2.75) is 318 Å². The molecule has 0 atom stereocenters. The van der Waals surface area contributed by atoms with Gasteiger partial charge < -0.3 is 4.74 Å². The van der Waals surface area contributed by atoms with Crippen LogP contribution in [0.4, 0.5) is 13.2 Å². The summed E-state index contributed by atoms with van der Waals surface area (Å²) < 4.78 is 39.5. The number of rotatable bonds is 10. The third-order valence-electron chi connectivity index (χ3n) is 20.2. The topological polar surface area (TPSA) is 9.23 Å². The second kappa shape index (κ2) is 51.3. The van der Waals surface area contributed by atoms with Crippen molar-refractivity contribution in [3.63, 3.8) is 0 Å². The molecule has 0 saturated carbocycles. The lowest BCUT2D eigenvalue weighted by Gasteiger charge is -2.21. The molecule has 0 amide bonds. The van der Waals surface area contributed by atoms with Gasteiger partial charge in [0, 0.05) is 0 Å². The first kappa shape index (κ1) is 114. The standard InChI is InChI=1S/2C17H20.C15H24.C14H16.2C13H20.C12H15F3O.C11H16.C8H10.C5H12/c1-17(2,3)13-14-8-7-11-16(12-14)15-9-5-4-6-10-15;1-17(2,3)13-14-9-11-16(12-10-14)15-7-5-4-6-8-15;1-14(2,3)11-12-7-9-13(10-8-12)15(4,5)6;1-14(2,3)13-9-8-11-6-4-5-7-12(11)10-13;1-10-6-7-12(8-11(10)2)9-13(3,4)5;1-10-6-7-11(2)12(8-10)9-13(3,4)5;1-11(2,3)8-9-4-6-10(7-5-9)16-12(13,14)15;1-11(2,3)9-10-7-5-4-6-8-10;1-7-5-3-4-6-8(7)2;1-5(2,3)4/h2*4-12H,13H2,1-3H3;7-10H,11H2,1-6H3;4-10H,1-3H3;2*6-8H,9H2,1-5H3;4-7H,8H2,1-3H3;4-8H,9H2,1-3H3;3-6H,1-2H3;1-4H3. The van der Waals surface area contributed by atoms with Gasteiger partial charge >= 0.3 is 6.36 Å². The van der Waals surface area contributed by atoms with E-state index in [4.69, 9.17) is 0 Å². The molecule has 0 aliphatic rings. The molecule has 0 N–H and O–H groups in total. The Morgan fingerprint density at radius 3 is 0.891 bits per heavy atom. The van der Waals surface area contributed by atoms with Gasteiger partial charge in [-0.15, -0.1) is 13.2 Å². The van der Waals surface area contributed by atoms with Gasteiger partial charge in [0.05, 0.1) is 0 Å². The molecule has 129 heavy (non-hydrogen) atoms. The number of fused-ring (bicyclic) bond motifs is 1. The minimum absolute atomic E-state index is 0.117. The highest BCUT2D eigenvalue weighted by Gasteiger charge is 2.31. The Labute approximate surface area is 787 Å². The van der Waals surface area contributed by atoms with Gasteiger partial charge in [-0.1, -0.05) is 499 Å². The number of hydrogen-bond donors (Lipinski definition) is 0. The van der Waals surface area contributed by atoms with Gasteiger partial charge in [-0.25, -0.2) is 0 Å². The lowest BCUT2D eigenvalue weighted by Crippen LogP contribution is -2.17. The van der Waals surface area contributed by atoms with E-state index in [-0.39, 0.29) is 22.0 Å². The van der Waals surface area contributed by atoms with Crippen molar-refractivity contribution in [1.29, 1.82) is 0 Å². The molecule has 0 aromatic heterocycles. The maximum Gasteiger partial charge on any atom is 0.573 e. The van der Waals surface area contributed by atoms with Crippen molar-refractivity contribution in [3.8, 4) is 28.0 Å². The molecule has 0 bridgehead atoms. The molecule has 0 unspecified atom stereocenters. The fourth-order valence-electron chi connectivity index (χ4n) is 13.9. The Hall–Kier alpha value is -9.51. The number of alkyl halides is 3. The lowest BCUT2D eigenvalue weighted by atomic mass is 9.84. The van der Waals surface area contributed by atoms with Crippen molar-refractivity contribution < 1.29 is 17.9 Å². The maximum atomic E-state index is 11.9. The Morgan fingerprint density at radius 2 is 0.504 bits per heavy atom. The molecule has 12 aromatic carbocycles. The zero-order valence-corrected chi connectivity index (χ0v) is 87.7. The van der Waals surface area contributed by atoms with Gasteiger partial charge in [-0.3, -0.25) is 0 Å². The summed E-state index contributed by atoms with van der Waals surface area (Å²) >= 11 is 0. The zero-order valence-electron chi connectivity index (χ0n) is 87.7. The monoisotopic (exact) mass is 1750 g/mol. The van der Waals surface area contributed by atoms with E-state index in [2.05, 4.69) is 528 Å². The molecule has 12 rings (SSSR count). The molecule has 0 fully saturated rings. The number of hydrogen-bond acceptors (Lipinski definition) is 1. The van der Waals surface area contributed by atoms with Crippen LogP contribution in [0.15, 0.2) is 291 Å². The Bertz CT molecular complexity index is 5040. The first-order valence-electron chi connectivity index (χ1n) is 47.1. The van der Waals surface area contributed by atoms with Crippen LogP contribution in [0.5, 0.6) is 5.75 Å². The van der Waals surface area contributed by atoms with E-state index >= 15 is 0 Å². The van der Waals surface area contributed by atoms with Crippen LogP contribution < -0.4 is 4.74 Å². The fraction of sp³-hybridized carbons (Fsp3) is 0.440. The summed E-state index contributed by atoms with van der Waals surface area (Å²) in [6, 6.07) is 102. The number of benzene rings is 12. The Kier molecular flexibility index (Phi) is 45.2. The van der Waals surface area contributed by atoms with E-state index < -0.39 is 6.36 Å². The number of halogens is 3. The van der Waals surface area contributed by atoms with Crippen molar-refractivity contribution in [1.82, 2.24) is 0 Å². The zero-order chi connectivity index (χ0) is 97.8. The molecular formula is C125H173F3O. The van der Waals surface area contributed by atoms with E-state index in [9.17, 15) is 13.2 Å². The van der Waals surface area contributed by atoms with Gasteiger partial charge in [0.25, 0.3) is 0 Å². The second-order valence-electron chi connectivity index (χ2n) is 47.7. The van der Waals surface area contributed by atoms with Crippen LogP contribution in [0.25, 0.3) is 33.0 Å². The van der Waals surface area contributed by atoms with Crippen molar-refractivity contribution >= 4 is 10.8 Å². The smallest absolute Gasteiger partial charge is 0.406 e. The van der Waals surface area contributed by atoms with Crippen LogP contribution in [0.3, 0.4) is 0 Å². The average molecular weight is 1750 g/mol. The van der Waals surface area contributed by atoms with E-state index in [1.165, 1.54) is 129 Å². The average Bonchev–Trinajstić information content (AvgIpc) is 0.818. The maximum absolute atomic E-state index is 11.9. The molecule has 700 valence electrons. The van der Waals surface area contributed by atoms with Gasteiger partial charge in [0.2, 0.25) is 0 Å². The minimum atomic E-state index is -4.62. The molecule has 1 nitrogen and oxygen atoms in total. The summed E-state index contributed by atoms with van der Waals surface area (Å²) in [6.07, 6.45) is 3.08. The van der Waals surface area contributed by atoms with E-state index in [1.807, 2.05) is 0 Å². The van der Waals surface area contributed by atoms with Crippen LogP contribution in [0.1, 0.15) is 298 Å². The van der Waals surface area contributed by atoms with Crippen LogP contribution in [0.2, 0.25) is 0 Å². The SMILES string of the molecule is CC(C)(C)C.CC(C)(C)Cc1ccc(-c2ccccc2)cc1.CC(C)(C)Cc1ccc(C(C)(C)C)cc1.CC(C)(C)Cc1ccc(OC(F)(F)F)cc1.CC(C)(C)Cc1cccc(-c2ccccc2)c1.CC(C)(C)Cc1ccccc1.CC(C)(C)c1ccc2ccccc2c1.Cc1ccc(C)c(CC(C)(C)C)c1.Cc1ccc(CC(C)(C)C)cc1C.Cc1ccccc1C. The Morgan fingerprint density at radius 1 is 0.209 bits per heavy atom. The summed E-state index contributed by atoms with van der Waals surface area (Å²) in [5.74, 6) is -0.176. The summed E-state index contributed by atoms with van der Waals surface area (Å²) in [7, 11) is 0. The summed E-state index contributed by atoms with van der Waals surface area (Å²) in [5.41, 5.74) is 29.3. The highest BCUT2D eigenvalue weighted by molar-refractivity contribution is 5.83. The summed E-state index contributed by atoms with van der Waals surface area (Å²) in [4.78, 5) is 0. The molecule has 12 aromatic rings. The van der Waals surface area contributed by atoms with E-state index in [0.29, 0.717) is 37.9 Å². The highest BCUT2D eigenvalue weighted by atomic mass is 19.4. The molecule has 4 heteroatoms. The van der Waals surface area contributed by atoms with Gasteiger partial charge in [0.15, 0.2) is 0 Å². The minimum Gasteiger partial charge on any atom is -0.406 e. The predicted octanol–water partition coefficient (Wildman–Crippen LogP) is 38.2. The van der Waals surface area contributed by atoms with Crippen LogP contribution >= 0.6 is 0 Å². The van der Waals surface area contributed by atoms with Crippen molar-refractivity contribution in [2.75, 3.05) is 0 Å². The van der Waals surface area contributed by atoms with E-state index in [0.717, 1.165) is 44.1 Å². The van der Waals surface area contributed by atoms with Gasteiger partial charge in [-0.05, 0) is 264 Å². The Balaban J connectivity index is 0.000000374. The third kappa shape index (κ3) is 54.7. The largest absolute Gasteiger partial charge is 0.573 e. The highest BCUT2D eigenvalue weighted by Crippen LogP contribution is 2.33. The third-order valence-corrected chi connectivity index (χ3v) is 20.2. The number of ether oxygens (including phenoxy) is 1. The number of aryl methyl sites for hydroxylation is 6. The molecule has 0 aliphatic heterocycles. The molecule has 0 saturated heterocycles. The van der Waals surface area contributed by atoms with Crippen LogP contribution in [-0.4, -0.2) is 6.36 Å². The summed E-state index contributed by atoms with van der Waals surface area (Å²) in [6.45, 7) is 82.4. The van der Waals surface area contributed by atoms with E-state index in [1.54, 1.807) is 12.1 Å².